The van der Waals surface area contributed by atoms with Gasteiger partial charge in [-0.15, -0.1) is 0 Å². The molecule has 11 nitrogen and oxygen atoms in total. The molecule has 0 aromatic heterocycles. The fourth-order valence-corrected chi connectivity index (χ4v) is 5.81. The van der Waals surface area contributed by atoms with Crippen molar-refractivity contribution in [3.05, 3.63) is 53.6 Å². The first-order valence-corrected chi connectivity index (χ1v) is 14.7. The molecule has 0 saturated carbocycles. The minimum atomic E-state index is -0.565. The van der Waals surface area contributed by atoms with Crippen molar-refractivity contribution in [2.45, 2.75) is 66.0 Å². The molecule has 2 aromatic carbocycles. The van der Waals surface area contributed by atoms with Crippen molar-refractivity contribution in [2.75, 3.05) is 41.3 Å². The van der Waals surface area contributed by atoms with Crippen LogP contribution in [0.25, 0.3) is 0 Å². The monoisotopic (exact) mass is 591 g/mol. The van der Waals surface area contributed by atoms with Crippen molar-refractivity contribution >= 4 is 47.3 Å². The molecule has 2 aromatic rings. The van der Waals surface area contributed by atoms with Crippen LogP contribution in [-0.4, -0.2) is 72.9 Å². The molecule has 2 fully saturated rings. The van der Waals surface area contributed by atoms with Crippen molar-refractivity contribution in [3.8, 4) is 0 Å². The van der Waals surface area contributed by atoms with Crippen molar-refractivity contribution in [2.24, 2.45) is 5.41 Å². The molecule has 2 saturated heterocycles. The van der Waals surface area contributed by atoms with Gasteiger partial charge in [0, 0.05) is 55.4 Å². The highest BCUT2D eigenvalue weighted by Gasteiger charge is 2.53. The summed E-state index contributed by atoms with van der Waals surface area (Å²) in [6.07, 6.45) is 0.134. The summed E-state index contributed by atoms with van der Waals surface area (Å²) in [5.74, 6) is -1.15. The topological polar surface area (TPSA) is 128 Å². The summed E-state index contributed by atoms with van der Waals surface area (Å²) >= 11 is 0. The van der Waals surface area contributed by atoms with Gasteiger partial charge in [-0.1, -0.05) is 19.9 Å². The standard InChI is InChI=1S/C30H35N5O6.C2H6/c1-19(8-13-24(37)31-18-36)35-26(38)22-6-5-7-23(25(22)27(35)39)34-16-30(17-34)14-33(15-30)21-11-9-20(10-12-21)32-28(40)41-29(2,3)4;1-2/h5-7,9-12,18-19H,8,13-17H2,1-4H3,(H,32,40)(H,31,36,37);1-2H3. The lowest BCUT2D eigenvalue weighted by Gasteiger charge is -2.61. The van der Waals surface area contributed by atoms with E-state index < -0.39 is 23.6 Å². The number of fused-ring (bicyclic) bond motifs is 1. The second-order valence-corrected chi connectivity index (χ2v) is 12.1. The number of imide groups is 2. The number of hydrogen-bond acceptors (Lipinski definition) is 8. The lowest BCUT2D eigenvalue weighted by Crippen LogP contribution is -2.72. The number of hydrogen-bond donors (Lipinski definition) is 2. The molecule has 5 rings (SSSR count). The summed E-state index contributed by atoms with van der Waals surface area (Å²) in [6.45, 7) is 14.5. The summed E-state index contributed by atoms with van der Waals surface area (Å²) in [4.78, 5) is 66.4. The molecule has 0 bridgehead atoms. The van der Waals surface area contributed by atoms with Crippen LogP contribution < -0.4 is 20.4 Å². The zero-order valence-corrected chi connectivity index (χ0v) is 25.7. The van der Waals surface area contributed by atoms with E-state index in [4.69, 9.17) is 4.74 Å². The molecule has 0 radical (unpaired) electrons. The fraction of sp³-hybridized carbons (Fsp3) is 0.469. The Bertz CT molecular complexity index is 1390. The van der Waals surface area contributed by atoms with Gasteiger partial charge in [-0.05, 0) is 70.5 Å². The highest BCUT2D eigenvalue weighted by Crippen LogP contribution is 2.46. The van der Waals surface area contributed by atoms with Gasteiger partial charge in [-0.3, -0.25) is 34.7 Å². The molecule has 3 aliphatic rings. The average molecular weight is 592 g/mol. The number of nitrogens with zero attached hydrogens (tertiary/aromatic N) is 3. The van der Waals surface area contributed by atoms with Gasteiger partial charge >= 0.3 is 6.09 Å². The zero-order chi connectivity index (χ0) is 31.5. The Kier molecular flexibility index (Phi) is 9.12. The normalized spacial score (nSPS) is 17.2. The van der Waals surface area contributed by atoms with Crippen molar-refractivity contribution in [3.63, 3.8) is 0 Å². The maximum atomic E-state index is 13.4. The van der Waals surface area contributed by atoms with Crippen molar-refractivity contribution in [1.29, 1.82) is 0 Å². The molecule has 11 heteroatoms. The third-order valence-electron chi connectivity index (χ3n) is 7.70. The number of amides is 5. The molecule has 0 aliphatic carbocycles. The molecule has 1 atom stereocenters. The minimum Gasteiger partial charge on any atom is -0.444 e. The SMILES string of the molecule is CC.CC(CCC(=O)NC=O)N1C(=O)c2cccc(N3CC4(CN(c5ccc(NC(=O)OC(C)(C)C)cc5)C4)C3)c2C1=O. The number of anilines is 3. The first-order valence-electron chi connectivity index (χ1n) is 14.7. The van der Waals surface area contributed by atoms with E-state index in [0.29, 0.717) is 23.2 Å². The maximum absolute atomic E-state index is 13.4. The van der Waals surface area contributed by atoms with Gasteiger partial charge in [0.15, 0.2) is 0 Å². The number of carbonyl (C=O) groups is 5. The van der Waals surface area contributed by atoms with Crippen LogP contribution >= 0.6 is 0 Å². The average Bonchev–Trinajstić information content (AvgIpc) is 3.17. The first kappa shape index (κ1) is 31.5. The van der Waals surface area contributed by atoms with Gasteiger partial charge in [0.25, 0.3) is 11.8 Å². The number of ether oxygens (including phenoxy) is 1. The quantitative estimate of drug-likeness (QED) is 0.341. The van der Waals surface area contributed by atoms with Gasteiger partial charge in [0.05, 0.1) is 16.8 Å². The van der Waals surface area contributed by atoms with E-state index in [1.54, 1.807) is 19.1 Å². The number of rotatable bonds is 8. The minimum absolute atomic E-state index is 0.0360. The van der Waals surface area contributed by atoms with Crippen molar-refractivity contribution in [1.82, 2.24) is 10.2 Å². The molecule has 1 unspecified atom stereocenters. The Morgan fingerprint density at radius 3 is 2.21 bits per heavy atom. The Labute approximate surface area is 252 Å². The van der Waals surface area contributed by atoms with Gasteiger partial charge in [0.1, 0.15) is 5.60 Å². The summed E-state index contributed by atoms with van der Waals surface area (Å²) in [6, 6.07) is 12.5. The molecule has 43 heavy (non-hydrogen) atoms. The summed E-state index contributed by atoms with van der Waals surface area (Å²) in [7, 11) is 0. The van der Waals surface area contributed by atoms with Gasteiger partial charge in [-0.25, -0.2) is 4.79 Å². The third kappa shape index (κ3) is 6.65. The Morgan fingerprint density at radius 1 is 0.977 bits per heavy atom. The van der Waals surface area contributed by atoms with Gasteiger partial charge < -0.3 is 14.5 Å². The van der Waals surface area contributed by atoms with Crippen LogP contribution in [0.2, 0.25) is 0 Å². The zero-order valence-electron chi connectivity index (χ0n) is 25.7. The van der Waals surface area contributed by atoms with E-state index in [1.807, 2.05) is 65.0 Å². The summed E-state index contributed by atoms with van der Waals surface area (Å²) < 4.78 is 5.30. The predicted octanol–water partition coefficient (Wildman–Crippen LogP) is 4.42. The number of benzene rings is 2. The number of nitrogens with one attached hydrogen (secondary N) is 2. The van der Waals surface area contributed by atoms with E-state index in [-0.39, 0.29) is 30.1 Å². The molecule has 2 N–H and O–H groups in total. The fourth-order valence-electron chi connectivity index (χ4n) is 5.81. The van der Waals surface area contributed by atoms with E-state index in [0.717, 1.165) is 37.6 Å². The maximum Gasteiger partial charge on any atom is 0.412 e. The summed E-state index contributed by atoms with van der Waals surface area (Å²) in [5, 5.41) is 4.83. The highest BCUT2D eigenvalue weighted by molar-refractivity contribution is 6.24. The van der Waals surface area contributed by atoms with E-state index in [1.165, 1.54) is 4.90 Å². The molecule has 230 valence electrons. The Balaban J connectivity index is 0.00000207. The molecule has 1 spiro atoms. The lowest BCUT2D eigenvalue weighted by atomic mass is 9.72. The first-order chi connectivity index (χ1) is 20.4. The van der Waals surface area contributed by atoms with Gasteiger partial charge in [-0.2, -0.15) is 0 Å². The van der Waals surface area contributed by atoms with Crippen LogP contribution in [0.15, 0.2) is 42.5 Å². The van der Waals surface area contributed by atoms with Crippen LogP contribution in [0, 0.1) is 5.41 Å². The third-order valence-corrected chi connectivity index (χ3v) is 7.70. The Morgan fingerprint density at radius 2 is 1.60 bits per heavy atom. The van der Waals surface area contributed by atoms with Crippen LogP contribution in [0.1, 0.15) is 75.1 Å². The smallest absolute Gasteiger partial charge is 0.412 e. The van der Waals surface area contributed by atoms with Gasteiger partial charge in [0.2, 0.25) is 12.3 Å². The predicted molar refractivity (Wildman–Crippen MR) is 164 cm³/mol. The second-order valence-electron chi connectivity index (χ2n) is 12.1. The molecule has 3 aliphatic heterocycles. The van der Waals surface area contributed by atoms with Crippen LogP contribution in [0.4, 0.5) is 21.9 Å². The molecular weight excluding hydrogens is 550 g/mol. The van der Waals surface area contributed by atoms with Crippen LogP contribution in [0.3, 0.4) is 0 Å². The molecular formula is C32H41N5O6. The van der Waals surface area contributed by atoms with Crippen LogP contribution in [0.5, 0.6) is 0 Å². The molecule has 5 amide bonds. The highest BCUT2D eigenvalue weighted by atomic mass is 16.6. The largest absolute Gasteiger partial charge is 0.444 e. The van der Waals surface area contributed by atoms with E-state index in [2.05, 4.69) is 20.4 Å². The van der Waals surface area contributed by atoms with E-state index in [9.17, 15) is 24.0 Å². The van der Waals surface area contributed by atoms with Crippen LogP contribution in [-0.2, 0) is 14.3 Å². The number of carbonyl (C=O) groups excluding carboxylic acids is 5. The van der Waals surface area contributed by atoms with Crippen molar-refractivity contribution < 1.29 is 28.7 Å². The molecule has 3 heterocycles. The second kappa shape index (κ2) is 12.4. The van der Waals surface area contributed by atoms with E-state index >= 15 is 0 Å². The summed E-state index contributed by atoms with van der Waals surface area (Å²) in [5.41, 5.74) is 2.84. The lowest BCUT2D eigenvalue weighted by molar-refractivity contribution is -0.125. The Hall–Kier alpha value is -4.41.